The molecule has 2 aromatic carbocycles. The second-order valence-electron chi connectivity index (χ2n) is 7.49. The molecule has 6 nitrogen and oxygen atoms in total. The Morgan fingerprint density at radius 1 is 1.07 bits per heavy atom. The van der Waals surface area contributed by atoms with Gasteiger partial charge in [0.1, 0.15) is 11.6 Å². The van der Waals surface area contributed by atoms with Gasteiger partial charge in [0.25, 0.3) is 0 Å². The van der Waals surface area contributed by atoms with Gasteiger partial charge in [-0.2, -0.15) is 0 Å². The van der Waals surface area contributed by atoms with Gasteiger partial charge in [-0.15, -0.1) is 0 Å². The van der Waals surface area contributed by atoms with E-state index in [0.717, 1.165) is 10.9 Å². The van der Waals surface area contributed by atoms with Crippen molar-refractivity contribution in [2.45, 2.75) is 32.4 Å². The van der Waals surface area contributed by atoms with Crippen molar-refractivity contribution in [2.24, 2.45) is 5.73 Å². The summed E-state index contributed by atoms with van der Waals surface area (Å²) in [4.78, 5) is 9.23. The van der Waals surface area contributed by atoms with E-state index in [9.17, 15) is 5.11 Å². The minimum Gasteiger partial charge on any atom is -0.507 e. The molecule has 4 N–H and O–H groups in total. The number of nitrogens with two attached hydrogens (primary N) is 1. The summed E-state index contributed by atoms with van der Waals surface area (Å²) in [5, 5.41) is 14.4. The molecule has 3 aromatic rings. The van der Waals surface area contributed by atoms with Crippen molar-refractivity contribution in [3.63, 3.8) is 0 Å². The number of nitrogens with one attached hydrogen (secondary N) is 1. The van der Waals surface area contributed by atoms with Gasteiger partial charge in [-0.05, 0) is 45.0 Å². The summed E-state index contributed by atoms with van der Waals surface area (Å²) in [6, 6.07) is 14.6. The number of anilines is 1. The van der Waals surface area contributed by atoms with E-state index >= 15 is 0 Å². The maximum absolute atomic E-state index is 10.2. The summed E-state index contributed by atoms with van der Waals surface area (Å²) < 4.78 is 5.74. The van der Waals surface area contributed by atoms with E-state index in [-0.39, 0.29) is 17.4 Å². The molecule has 0 unspecified atom stereocenters. The smallest absolute Gasteiger partial charge is 0.165 e. The van der Waals surface area contributed by atoms with Gasteiger partial charge >= 0.3 is 0 Å². The van der Waals surface area contributed by atoms with Crippen molar-refractivity contribution in [1.29, 1.82) is 0 Å². The van der Waals surface area contributed by atoms with Crippen LogP contribution in [0, 0.1) is 0 Å². The highest BCUT2D eigenvalue weighted by Gasteiger charge is 2.15. The lowest BCUT2D eigenvalue weighted by molar-refractivity contribution is -0.00851. The summed E-state index contributed by atoms with van der Waals surface area (Å²) in [5.41, 5.74) is 7.34. The van der Waals surface area contributed by atoms with Crippen LogP contribution >= 0.6 is 0 Å². The van der Waals surface area contributed by atoms with Crippen LogP contribution in [0.1, 0.15) is 20.8 Å². The van der Waals surface area contributed by atoms with Crippen LogP contribution < -0.4 is 11.1 Å². The van der Waals surface area contributed by atoms with Crippen LogP contribution in [-0.2, 0) is 4.74 Å². The van der Waals surface area contributed by atoms with Gasteiger partial charge < -0.3 is 20.9 Å². The SMILES string of the molecule is CC(C)(C)OC[C@@H](N)CNc1nc(-c2ccccc2O)nc2ccccc12. The zero-order valence-corrected chi connectivity index (χ0v) is 15.9. The fourth-order valence-electron chi connectivity index (χ4n) is 2.64. The third kappa shape index (κ3) is 4.93. The van der Waals surface area contributed by atoms with Crippen LogP contribution in [0.2, 0.25) is 0 Å². The topological polar surface area (TPSA) is 93.3 Å². The standard InChI is InChI=1S/C21H26N4O2/c1-21(2,3)27-13-14(22)12-23-19-15-8-4-6-10-17(15)24-20(25-19)16-9-5-7-11-18(16)26/h4-11,14,26H,12-13,22H2,1-3H3,(H,23,24,25)/t14-/m0/s1. The molecule has 1 aromatic heterocycles. The van der Waals surface area contributed by atoms with Gasteiger partial charge in [0.05, 0.1) is 23.3 Å². The Labute approximate surface area is 159 Å². The van der Waals surface area contributed by atoms with Crippen LogP contribution in [-0.4, -0.2) is 39.9 Å². The Morgan fingerprint density at radius 2 is 1.78 bits per heavy atom. The first-order chi connectivity index (χ1) is 12.8. The van der Waals surface area contributed by atoms with E-state index in [1.165, 1.54) is 0 Å². The normalized spacial score (nSPS) is 12.9. The summed E-state index contributed by atoms with van der Waals surface area (Å²) >= 11 is 0. The summed E-state index contributed by atoms with van der Waals surface area (Å²) in [6.45, 7) is 6.97. The lowest BCUT2D eigenvalue weighted by Gasteiger charge is -2.23. The third-order valence-corrected chi connectivity index (χ3v) is 4.01. The number of ether oxygens (including phenoxy) is 1. The Balaban J connectivity index is 1.87. The number of phenolic OH excluding ortho intramolecular Hbond substituents is 1. The van der Waals surface area contributed by atoms with Gasteiger partial charge in [-0.25, -0.2) is 9.97 Å². The number of fused-ring (bicyclic) bond motifs is 1. The van der Waals surface area contributed by atoms with Gasteiger partial charge in [0.2, 0.25) is 0 Å². The van der Waals surface area contributed by atoms with E-state index in [0.29, 0.717) is 30.4 Å². The minimum atomic E-state index is -0.225. The first-order valence-corrected chi connectivity index (χ1v) is 9.02. The maximum atomic E-state index is 10.2. The van der Waals surface area contributed by atoms with Crippen molar-refractivity contribution in [3.8, 4) is 17.1 Å². The Hall–Kier alpha value is -2.70. The molecule has 0 aliphatic heterocycles. The molecule has 142 valence electrons. The number of rotatable bonds is 6. The summed E-state index contributed by atoms with van der Waals surface area (Å²) in [6.07, 6.45) is 0. The summed E-state index contributed by atoms with van der Waals surface area (Å²) in [5.74, 6) is 1.30. The van der Waals surface area contributed by atoms with Crippen LogP contribution in [0.3, 0.4) is 0 Å². The van der Waals surface area contributed by atoms with Gasteiger partial charge in [0, 0.05) is 18.0 Å². The number of benzene rings is 2. The molecule has 0 fully saturated rings. The van der Waals surface area contributed by atoms with Gasteiger partial charge in [-0.1, -0.05) is 24.3 Å². The monoisotopic (exact) mass is 366 g/mol. The van der Waals surface area contributed by atoms with Crippen LogP contribution in [0.15, 0.2) is 48.5 Å². The molecule has 0 aliphatic carbocycles. The van der Waals surface area contributed by atoms with E-state index in [1.54, 1.807) is 18.2 Å². The first-order valence-electron chi connectivity index (χ1n) is 9.02. The molecule has 27 heavy (non-hydrogen) atoms. The number of para-hydroxylation sites is 2. The van der Waals surface area contributed by atoms with Crippen molar-refractivity contribution in [3.05, 3.63) is 48.5 Å². The fraction of sp³-hybridized carbons (Fsp3) is 0.333. The molecule has 3 rings (SSSR count). The highest BCUT2D eigenvalue weighted by Crippen LogP contribution is 2.29. The second-order valence-corrected chi connectivity index (χ2v) is 7.49. The lowest BCUT2D eigenvalue weighted by Crippen LogP contribution is -2.37. The van der Waals surface area contributed by atoms with Crippen molar-refractivity contribution in [2.75, 3.05) is 18.5 Å². The average molecular weight is 366 g/mol. The largest absolute Gasteiger partial charge is 0.507 e. The molecule has 6 heteroatoms. The fourth-order valence-corrected chi connectivity index (χ4v) is 2.64. The lowest BCUT2D eigenvalue weighted by atomic mass is 10.1. The zero-order chi connectivity index (χ0) is 19.4. The zero-order valence-electron chi connectivity index (χ0n) is 15.9. The molecule has 1 heterocycles. The maximum Gasteiger partial charge on any atom is 0.165 e. The predicted molar refractivity (Wildman–Crippen MR) is 109 cm³/mol. The number of aromatic nitrogens is 2. The van der Waals surface area contributed by atoms with E-state index in [2.05, 4.69) is 15.3 Å². The van der Waals surface area contributed by atoms with Crippen LogP contribution in [0.4, 0.5) is 5.82 Å². The van der Waals surface area contributed by atoms with E-state index in [4.69, 9.17) is 10.5 Å². The Morgan fingerprint density at radius 3 is 2.52 bits per heavy atom. The minimum absolute atomic E-state index is 0.147. The van der Waals surface area contributed by atoms with Crippen LogP contribution in [0.25, 0.3) is 22.3 Å². The quantitative estimate of drug-likeness (QED) is 0.618. The molecule has 0 aliphatic rings. The predicted octanol–water partition coefficient (Wildman–Crippen LogP) is 3.56. The molecule has 1 atom stereocenters. The summed E-state index contributed by atoms with van der Waals surface area (Å²) in [7, 11) is 0. The van der Waals surface area contributed by atoms with Gasteiger partial charge in [-0.3, -0.25) is 0 Å². The number of hydrogen-bond acceptors (Lipinski definition) is 6. The molecule has 0 saturated heterocycles. The molecule has 0 saturated carbocycles. The number of phenols is 1. The number of nitrogens with zero attached hydrogens (tertiary/aromatic N) is 2. The van der Waals surface area contributed by atoms with E-state index in [1.807, 2.05) is 51.1 Å². The molecule has 0 radical (unpaired) electrons. The molecular weight excluding hydrogens is 340 g/mol. The van der Waals surface area contributed by atoms with Crippen molar-refractivity contribution < 1.29 is 9.84 Å². The number of hydrogen-bond donors (Lipinski definition) is 3. The first kappa shape index (κ1) is 19.1. The average Bonchev–Trinajstić information content (AvgIpc) is 2.64. The second kappa shape index (κ2) is 7.90. The Kier molecular flexibility index (Phi) is 5.58. The molecule has 0 amide bonds. The van der Waals surface area contributed by atoms with Crippen LogP contribution in [0.5, 0.6) is 5.75 Å². The Bertz CT molecular complexity index is 921. The number of aromatic hydroxyl groups is 1. The van der Waals surface area contributed by atoms with E-state index < -0.39 is 0 Å². The molecule has 0 spiro atoms. The third-order valence-electron chi connectivity index (χ3n) is 4.01. The van der Waals surface area contributed by atoms with Crippen molar-refractivity contribution in [1.82, 2.24) is 9.97 Å². The van der Waals surface area contributed by atoms with Gasteiger partial charge in [0.15, 0.2) is 5.82 Å². The molecular formula is C21H26N4O2. The molecule has 0 bridgehead atoms. The highest BCUT2D eigenvalue weighted by atomic mass is 16.5. The highest BCUT2D eigenvalue weighted by molar-refractivity contribution is 5.90. The van der Waals surface area contributed by atoms with Crippen molar-refractivity contribution >= 4 is 16.7 Å².